The van der Waals surface area contributed by atoms with Crippen LogP contribution in [0.25, 0.3) is 0 Å². The number of amides is 1. The van der Waals surface area contributed by atoms with E-state index in [2.05, 4.69) is 10.1 Å². The minimum atomic E-state index is -1.83. The Morgan fingerprint density at radius 2 is 1.92 bits per heavy atom. The summed E-state index contributed by atoms with van der Waals surface area (Å²) in [5.74, 6) is -1.98. The first-order chi connectivity index (χ1) is 12.4. The van der Waals surface area contributed by atoms with Crippen molar-refractivity contribution in [3.05, 3.63) is 47.1 Å². The summed E-state index contributed by atoms with van der Waals surface area (Å²) in [6.07, 6.45) is 0.330. The van der Waals surface area contributed by atoms with Crippen LogP contribution in [0.3, 0.4) is 0 Å². The molecule has 26 heavy (non-hydrogen) atoms. The number of piperidine rings is 1. The summed E-state index contributed by atoms with van der Waals surface area (Å²) in [5, 5.41) is 3.73. The molecule has 0 atom stereocenters. The Morgan fingerprint density at radius 1 is 1.27 bits per heavy atom. The van der Waals surface area contributed by atoms with E-state index in [0.29, 0.717) is 24.9 Å². The molecular weight excluding hydrogens is 351 g/mol. The number of rotatable bonds is 5. The van der Waals surface area contributed by atoms with E-state index in [1.54, 1.807) is 0 Å². The number of hydrogen-bond acceptors (Lipinski definition) is 5. The fraction of sp³-hybridized carbons (Fsp3) is 0.471. The van der Waals surface area contributed by atoms with Crippen LogP contribution in [0.4, 0.5) is 13.2 Å². The largest absolute Gasteiger partial charge is 0.384 e. The van der Waals surface area contributed by atoms with Gasteiger partial charge in [-0.15, -0.1) is 0 Å². The van der Waals surface area contributed by atoms with Gasteiger partial charge >= 0.3 is 0 Å². The third kappa shape index (κ3) is 3.87. The van der Waals surface area contributed by atoms with Crippen LogP contribution in [0.1, 0.15) is 34.9 Å². The highest BCUT2D eigenvalue weighted by Crippen LogP contribution is 2.36. The smallest absolute Gasteiger partial charge is 0.264 e. The van der Waals surface area contributed by atoms with Gasteiger partial charge in [0.25, 0.3) is 11.8 Å². The maximum atomic E-state index is 15.1. The maximum absolute atomic E-state index is 15.1. The predicted octanol–water partition coefficient (Wildman–Crippen LogP) is 2.64. The molecule has 9 heteroatoms. The lowest BCUT2D eigenvalue weighted by atomic mass is 9.92. The van der Waals surface area contributed by atoms with Gasteiger partial charge in [-0.25, -0.2) is 13.2 Å². The van der Waals surface area contributed by atoms with Gasteiger partial charge in [0.15, 0.2) is 11.5 Å². The number of aromatic nitrogens is 2. The molecule has 2 heterocycles. The van der Waals surface area contributed by atoms with Gasteiger partial charge < -0.3 is 14.2 Å². The third-order valence-electron chi connectivity index (χ3n) is 4.33. The SMILES string of the molecule is COCCc1noc(C2(F)CCN(C(=O)c3cc(F)cc(F)c3)CC2)n1. The van der Waals surface area contributed by atoms with Crippen molar-refractivity contribution in [1.29, 1.82) is 0 Å². The zero-order valence-electron chi connectivity index (χ0n) is 14.2. The molecule has 0 saturated carbocycles. The average Bonchev–Trinajstić information content (AvgIpc) is 3.09. The molecule has 1 saturated heterocycles. The van der Waals surface area contributed by atoms with E-state index in [9.17, 15) is 13.6 Å². The molecule has 3 rings (SSSR count). The second-order valence-electron chi connectivity index (χ2n) is 6.17. The summed E-state index contributed by atoms with van der Waals surface area (Å²) in [6.45, 7) is 0.539. The summed E-state index contributed by atoms with van der Waals surface area (Å²) >= 11 is 0. The van der Waals surface area contributed by atoms with E-state index in [0.717, 1.165) is 12.1 Å². The highest BCUT2D eigenvalue weighted by Gasteiger charge is 2.42. The zero-order chi connectivity index (χ0) is 18.7. The summed E-state index contributed by atoms with van der Waals surface area (Å²) in [7, 11) is 1.54. The minimum Gasteiger partial charge on any atom is -0.384 e. The maximum Gasteiger partial charge on any atom is 0.264 e. The van der Waals surface area contributed by atoms with Crippen LogP contribution in [0.2, 0.25) is 0 Å². The number of carbonyl (C=O) groups excluding carboxylic acids is 1. The Balaban J connectivity index is 1.66. The molecule has 0 radical (unpaired) electrons. The molecule has 0 aliphatic carbocycles. The highest BCUT2D eigenvalue weighted by molar-refractivity contribution is 5.94. The summed E-state index contributed by atoms with van der Waals surface area (Å²) in [6, 6.07) is 2.61. The highest BCUT2D eigenvalue weighted by atomic mass is 19.1. The van der Waals surface area contributed by atoms with Gasteiger partial charge in [0.1, 0.15) is 11.6 Å². The molecule has 0 unspecified atom stereocenters. The standard InChI is InChI=1S/C17H18F3N3O3/c1-25-7-2-14-21-16(26-22-14)17(20)3-5-23(6-4-17)15(24)11-8-12(18)10-13(19)9-11/h8-10H,2-7H2,1H3. The molecule has 2 aromatic rings. The fourth-order valence-corrected chi connectivity index (χ4v) is 2.87. The van der Waals surface area contributed by atoms with Crippen molar-refractivity contribution in [2.45, 2.75) is 24.9 Å². The number of carbonyl (C=O) groups is 1. The second-order valence-corrected chi connectivity index (χ2v) is 6.17. The minimum absolute atomic E-state index is 0.0392. The van der Waals surface area contributed by atoms with Crippen LogP contribution in [0.15, 0.2) is 22.7 Å². The summed E-state index contributed by atoms with van der Waals surface area (Å²) in [4.78, 5) is 17.8. The quantitative estimate of drug-likeness (QED) is 0.811. The van der Waals surface area contributed by atoms with E-state index in [-0.39, 0.29) is 37.4 Å². The Morgan fingerprint density at radius 3 is 2.54 bits per heavy atom. The van der Waals surface area contributed by atoms with E-state index in [4.69, 9.17) is 9.26 Å². The molecule has 1 amide bonds. The van der Waals surface area contributed by atoms with Crippen LogP contribution >= 0.6 is 0 Å². The lowest BCUT2D eigenvalue weighted by Gasteiger charge is -2.34. The average molecular weight is 369 g/mol. The lowest BCUT2D eigenvalue weighted by molar-refractivity contribution is 0.0248. The van der Waals surface area contributed by atoms with Gasteiger partial charge in [0, 0.05) is 51.1 Å². The Kier molecular flexibility index (Phi) is 5.26. The van der Waals surface area contributed by atoms with Crippen molar-refractivity contribution in [2.24, 2.45) is 0 Å². The number of likely N-dealkylation sites (tertiary alicyclic amines) is 1. The number of hydrogen-bond donors (Lipinski definition) is 0. The summed E-state index contributed by atoms with van der Waals surface area (Å²) in [5.41, 5.74) is -1.93. The van der Waals surface area contributed by atoms with Crippen LogP contribution in [0, 0.1) is 11.6 Å². The number of nitrogens with zero attached hydrogens (tertiary/aromatic N) is 3. The Labute approximate surface area is 147 Å². The van der Waals surface area contributed by atoms with Crippen LogP contribution < -0.4 is 0 Å². The molecule has 0 N–H and O–H groups in total. The van der Waals surface area contributed by atoms with Gasteiger partial charge in [-0.3, -0.25) is 4.79 Å². The molecular formula is C17H18F3N3O3. The van der Waals surface area contributed by atoms with Gasteiger partial charge in [-0.2, -0.15) is 4.98 Å². The molecule has 0 bridgehead atoms. The molecule has 1 fully saturated rings. The van der Waals surface area contributed by atoms with Gasteiger partial charge in [0.05, 0.1) is 6.61 Å². The van der Waals surface area contributed by atoms with Gasteiger partial charge in [-0.1, -0.05) is 5.16 Å². The van der Waals surface area contributed by atoms with E-state index >= 15 is 4.39 Å². The first kappa shape index (κ1) is 18.4. The molecule has 1 aliphatic heterocycles. The number of halogens is 3. The number of alkyl halides is 1. The molecule has 140 valence electrons. The number of methoxy groups -OCH3 is 1. The zero-order valence-corrected chi connectivity index (χ0v) is 14.2. The second kappa shape index (κ2) is 7.45. The molecule has 1 aromatic carbocycles. The number of ether oxygens (including phenoxy) is 1. The number of benzene rings is 1. The fourth-order valence-electron chi connectivity index (χ4n) is 2.87. The first-order valence-electron chi connectivity index (χ1n) is 8.17. The van der Waals surface area contributed by atoms with E-state index in [1.807, 2.05) is 0 Å². The van der Waals surface area contributed by atoms with Crippen molar-refractivity contribution < 1.29 is 27.2 Å². The summed E-state index contributed by atoms with van der Waals surface area (Å²) < 4.78 is 51.6. The predicted molar refractivity (Wildman–Crippen MR) is 84.2 cm³/mol. The topological polar surface area (TPSA) is 68.5 Å². The normalized spacial score (nSPS) is 16.7. The van der Waals surface area contributed by atoms with Crippen molar-refractivity contribution in [2.75, 3.05) is 26.8 Å². The van der Waals surface area contributed by atoms with E-state index < -0.39 is 23.2 Å². The Hall–Kier alpha value is -2.42. The molecule has 6 nitrogen and oxygen atoms in total. The molecule has 1 aromatic heterocycles. The van der Waals surface area contributed by atoms with Crippen LogP contribution in [-0.2, 0) is 16.8 Å². The van der Waals surface area contributed by atoms with Crippen molar-refractivity contribution in [3.8, 4) is 0 Å². The van der Waals surface area contributed by atoms with Crippen LogP contribution in [0.5, 0.6) is 0 Å². The molecule has 1 aliphatic rings. The van der Waals surface area contributed by atoms with Crippen molar-refractivity contribution in [1.82, 2.24) is 15.0 Å². The van der Waals surface area contributed by atoms with Crippen LogP contribution in [-0.4, -0.2) is 47.8 Å². The lowest BCUT2D eigenvalue weighted by Crippen LogP contribution is -2.43. The van der Waals surface area contributed by atoms with Gasteiger partial charge in [-0.05, 0) is 12.1 Å². The monoisotopic (exact) mass is 369 g/mol. The van der Waals surface area contributed by atoms with Crippen molar-refractivity contribution in [3.63, 3.8) is 0 Å². The first-order valence-corrected chi connectivity index (χ1v) is 8.17. The third-order valence-corrected chi connectivity index (χ3v) is 4.33. The van der Waals surface area contributed by atoms with Gasteiger partial charge in [0.2, 0.25) is 0 Å². The van der Waals surface area contributed by atoms with Crippen molar-refractivity contribution >= 4 is 5.91 Å². The molecule has 0 spiro atoms. The Bertz CT molecular complexity index is 768. The van der Waals surface area contributed by atoms with E-state index in [1.165, 1.54) is 12.0 Å².